The monoisotopic (exact) mass is 644 g/mol. The quantitative estimate of drug-likeness (QED) is 0.190. The molecular formula is C43H44N6. The fraction of sp³-hybridized carbons (Fsp3) is 0.302. The topological polar surface area (TPSA) is 38.7 Å². The molecule has 5 aromatic rings. The van der Waals surface area contributed by atoms with Gasteiger partial charge in [-0.2, -0.15) is 0 Å². The van der Waals surface area contributed by atoms with E-state index in [-0.39, 0.29) is 23.8 Å². The summed E-state index contributed by atoms with van der Waals surface area (Å²) in [5.74, 6) is 2.71. The maximum atomic E-state index is 5.30. The van der Waals surface area contributed by atoms with Gasteiger partial charge < -0.3 is 19.6 Å². The molecule has 0 fully saturated rings. The largest absolute Gasteiger partial charge is 0.349 e. The standard InChI is InChI=1S/C43H44N6/c1-26(2)29-19-14-20-30(27(3)4)38(29)47-23-24-48-39(32-17-10-12-21-34(32)43(47,48)6)37-33-18-11-13-22-35(33)49-41-36(46(7)42(37)49)25-44-40(45-41)31-16-9-8-15-28(31)5/h8-27,37,39,42H,1-7H3/t37-,39?,42?,43?/m1/s1. The Labute approximate surface area is 290 Å². The van der Waals surface area contributed by atoms with Crippen LogP contribution in [0.25, 0.3) is 11.4 Å². The van der Waals surface area contributed by atoms with E-state index < -0.39 is 0 Å². The second kappa shape index (κ2) is 10.7. The van der Waals surface area contributed by atoms with Gasteiger partial charge in [0.05, 0.1) is 23.8 Å². The van der Waals surface area contributed by atoms with Crippen molar-refractivity contribution in [3.63, 3.8) is 0 Å². The summed E-state index contributed by atoms with van der Waals surface area (Å²) in [6.07, 6.45) is 6.80. The molecule has 6 nitrogen and oxygen atoms in total. The van der Waals surface area contributed by atoms with Crippen molar-refractivity contribution in [1.29, 1.82) is 0 Å². The first-order valence-corrected chi connectivity index (χ1v) is 17.7. The smallest absolute Gasteiger partial charge is 0.162 e. The average Bonchev–Trinajstić information content (AvgIpc) is 3.79. The van der Waals surface area contributed by atoms with Crippen molar-refractivity contribution in [1.82, 2.24) is 14.9 Å². The van der Waals surface area contributed by atoms with E-state index in [0.717, 1.165) is 22.9 Å². The van der Waals surface area contributed by atoms with Crippen LogP contribution in [0.4, 0.5) is 22.9 Å². The highest BCUT2D eigenvalue weighted by Gasteiger charge is 2.60. The minimum atomic E-state index is -0.389. The number of rotatable bonds is 5. The van der Waals surface area contributed by atoms with Crippen LogP contribution in [0.15, 0.2) is 110 Å². The maximum absolute atomic E-state index is 5.30. The number of hydrogen-bond donors (Lipinski definition) is 0. The van der Waals surface area contributed by atoms with E-state index in [1.54, 1.807) is 0 Å². The van der Waals surface area contributed by atoms with Gasteiger partial charge in [-0.05, 0) is 59.6 Å². The van der Waals surface area contributed by atoms with Gasteiger partial charge in [0.15, 0.2) is 11.6 Å². The molecule has 49 heavy (non-hydrogen) atoms. The van der Waals surface area contributed by atoms with Crippen LogP contribution in [0.2, 0.25) is 0 Å². The molecule has 3 unspecified atom stereocenters. The summed E-state index contributed by atoms with van der Waals surface area (Å²) in [7, 11) is 2.22. The predicted molar refractivity (Wildman–Crippen MR) is 200 cm³/mol. The van der Waals surface area contributed by atoms with Crippen molar-refractivity contribution in [2.75, 3.05) is 21.7 Å². The van der Waals surface area contributed by atoms with Crippen LogP contribution in [0.3, 0.4) is 0 Å². The number of hydrogen-bond acceptors (Lipinski definition) is 6. The molecule has 1 aromatic heterocycles. The molecule has 6 heteroatoms. The Morgan fingerprint density at radius 1 is 0.735 bits per heavy atom. The van der Waals surface area contributed by atoms with Crippen LogP contribution in [0.1, 0.15) is 91.8 Å². The first-order valence-electron chi connectivity index (χ1n) is 17.7. The lowest BCUT2D eigenvalue weighted by molar-refractivity contribution is 0.142. The summed E-state index contributed by atoms with van der Waals surface area (Å²) >= 11 is 0. The van der Waals surface area contributed by atoms with E-state index in [1.807, 2.05) is 6.20 Å². The molecule has 4 aromatic carbocycles. The normalized spacial score (nSPS) is 23.0. The fourth-order valence-electron chi connectivity index (χ4n) is 9.30. The number of nitrogens with zero attached hydrogens (tertiary/aromatic N) is 6. The van der Waals surface area contributed by atoms with Crippen molar-refractivity contribution in [2.45, 2.75) is 77.2 Å². The summed E-state index contributed by atoms with van der Waals surface area (Å²) in [4.78, 5) is 20.4. The molecule has 0 spiro atoms. The van der Waals surface area contributed by atoms with Crippen molar-refractivity contribution in [2.24, 2.45) is 0 Å². The van der Waals surface area contributed by atoms with Gasteiger partial charge in [-0.3, -0.25) is 0 Å². The highest BCUT2D eigenvalue weighted by molar-refractivity contribution is 5.86. The third kappa shape index (κ3) is 4.00. The minimum absolute atomic E-state index is 0.0471. The Kier molecular flexibility index (Phi) is 6.55. The summed E-state index contributed by atoms with van der Waals surface area (Å²) < 4.78 is 0. The molecule has 0 saturated carbocycles. The minimum Gasteiger partial charge on any atom is -0.349 e. The molecule has 9 rings (SSSR count). The van der Waals surface area contributed by atoms with Gasteiger partial charge in [-0.25, -0.2) is 9.97 Å². The number of aromatic nitrogens is 2. The van der Waals surface area contributed by atoms with Crippen LogP contribution in [0.5, 0.6) is 0 Å². The number of para-hydroxylation sites is 2. The summed E-state index contributed by atoms with van der Waals surface area (Å²) in [5.41, 5.74) is 12.4. The molecule has 5 heterocycles. The Hall–Kier alpha value is -5.10. The first-order chi connectivity index (χ1) is 23.7. The molecule has 0 radical (unpaired) electrons. The number of fused-ring (bicyclic) bond motifs is 8. The van der Waals surface area contributed by atoms with Crippen molar-refractivity contribution < 1.29 is 0 Å². The molecule has 4 aliphatic rings. The Bertz CT molecular complexity index is 2120. The van der Waals surface area contributed by atoms with Crippen molar-refractivity contribution in [3.8, 4) is 11.4 Å². The molecule has 4 aliphatic heterocycles. The Balaban J connectivity index is 1.20. The molecule has 246 valence electrons. The molecule has 0 amide bonds. The number of anilines is 4. The molecule has 0 bridgehead atoms. The van der Waals surface area contributed by atoms with Gasteiger partial charge in [-0.15, -0.1) is 0 Å². The Morgan fingerprint density at radius 3 is 2.14 bits per heavy atom. The first kappa shape index (κ1) is 30.0. The number of benzene rings is 4. The van der Waals surface area contributed by atoms with Gasteiger partial charge in [-0.1, -0.05) is 113 Å². The van der Waals surface area contributed by atoms with Gasteiger partial charge in [0.1, 0.15) is 17.5 Å². The third-order valence-electron chi connectivity index (χ3n) is 11.6. The van der Waals surface area contributed by atoms with E-state index in [1.165, 1.54) is 44.8 Å². The van der Waals surface area contributed by atoms with Gasteiger partial charge in [0.25, 0.3) is 0 Å². The summed E-state index contributed by atoms with van der Waals surface area (Å²) in [5, 5.41) is 0. The molecule has 0 N–H and O–H groups in total. The zero-order valence-corrected chi connectivity index (χ0v) is 29.5. The van der Waals surface area contributed by atoms with Gasteiger partial charge in [0.2, 0.25) is 0 Å². The molecule has 0 aliphatic carbocycles. The molecule has 4 atom stereocenters. The van der Waals surface area contributed by atoms with Crippen LogP contribution < -0.4 is 14.7 Å². The van der Waals surface area contributed by atoms with Crippen molar-refractivity contribution in [3.05, 3.63) is 143 Å². The zero-order chi connectivity index (χ0) is 33.8. The maximum Gasteiger partial charge on any atom is 0.162 e. The highest BCUT2D eigenvalue weighted by atomic mass is 15.5. The van der Waals surface area contributed by atoms with Crippen LogP contribution in [0, 0.1) is 6.92 Å². The summed E-state index contributed by atoms with van der Waals surface area (Å²) in [6.45, 7) is 13.8. The predicted octanol–water partition coefficient (Wildman–Crippen LogP) is 9.93. The van der Waals surface area contributed by atoms with Crippen LogP contribution in [-0.4, -0.2) is 28.1 Å². The van der Waals surface area contributed by atoms with Gasteiger partial charge in [0, 0.05) is 36.3 Å². The average molecular weight is 645 g/mol. The van der Waals surface area contributed by atoms with E-state index in [4.69, 9.17) is 9.97 Å². The zero-order valence-electron chi connectivity index (χ0n) is 29.5. The lowest BCUT2D eigenvalue weighted by atomic mass is 9.85. The fourth-order valence-corrected chi connectivity index (χ4v) is 9.30. The number of likely N-dealkylation sites (N-methyl/N-ethyl adjacent to an activating group) is 1. The molecular weight excluding hydrogens is 601 g/mol. The van der Waals surface area contributed by atoms with Crippen LogP contribution in [-0.2, 0) is 5.66 Å². The molecule has 0 saturated heterocycles. The lowest BCUT2D eigenvalue weighted by Gasteiger charge is -2.44. The van der Waals surface area contributed by atoms with Crippen molar-refractivity contribution >= 4 is 22.9 Å². The Morgan fingerprint density at radius 2 is 1.41 bits per heavy atom. The van der Waals surface area contributed by atoms with Gasteiger partial charge >= 0.3 is 0 Å². The third-order valence-corrected chi connectivity index (χ3v) is 11.6. The second-order valence-electron chi connectivity index (χ2n) is 14.9. The second-order valence-corrected chi connectivity index (χ2v) is 14.9. The van der Waals surface area contributed by atoms with E-state index in [0.29, 0.717) is 11.8 Å². The van der Waals surface area contributed by atoms with E-state index in [9.17, 15) is 0 Å². The van der Waals surface area contributed by atoms with Crippen LogP contribution >= 0.6 is 0 Å². The SMILES string of the molecule is Cc1ccccc1-c1ncc2c(n1)N1c3ccccc3[C@H](C3c4ccccc4C4(C)N(c5c(C(C)C)cccc5C(C)C)C=CN34)C1N2C. The van der Waals surface area contributed by atoms with E-state index >= 15 is 0 Å². The lowest BCUT2D eigenvalue weighted by Crippen LogP contribution is -2.48. The summed E-state index contributed by atoms with van der Waals surface area (Å²) in [6, 6.07) is 33.6. The highest BCUT2D eigenvalue weighted by Crippen LogP contribution is 2.63. The number of aryl methyl sites for hydroxylation is 1. The van der Waals surface area contributed by atoms with E-state index in [2.05, 4.69) is 172 Å².